The van der Waals surface area contributed by atoms with Gasteiger partial charge in [0.1, 0.15) is 0 Å². The van der Waals surface area contributed by atoms with Gasteiger partial charge < -0.3 is 14.2 Å². The lowest BCUT2D eigenvalue weighted by molar-refractivity contribution is -0.145. The highest BCUT2D eigenvalue weighted by molar-refractivity contribution is 8.18. The third kappa shape index (κ3) is 5.67. The Morgan fingerprint density at radius 3 is 2.55 bits per heavy atom. The van der Waals surface area contributed by atoms with E-state index in [0.717, 1.165) is 11.8 Å². The minimum Gasteiger partial charge on any atom is -0.490 e. The molecule has 158 valence electrons. The summed E-state index contributed by atoms with van der Waals surface area (Å²) >= 11 is 7.22. The minimum absolute atomic E-state index is 0.172. The van der Waals surface area contributed by atoms with Gasteiger partial charge in [0.25, 0.3) is 11.1 Å². The summed E-state index contributed by atoms with van der Waals surface area (Å²) in [6, 6.07) is 3.06. The Kier molecular flexibility index (Phi) is 8.40. The Morgan fingerprint density at radius 2 is 1.93 bits per heavy atom. The molecule has 1 aromatic rings. The zero-order valence-corrected chi connectivity index (χ0v) is 18.4. The number of rotatable bonds is 9. The highest BCUT2D eigenvalue weighted by Gasteiger charge is 2.37. The van der Waals surface area contributed by atoms with Crippen LogP contribution >= 0.6 is 23.4 Å². The smallest absolute Gasteiger partial charge is 0.344 e. The van der Waals surface area contributed by atoms with E-state index in [0.29, 0.717) is 29.2 Å². The Bertz CT molecular complexity index is 825. The number of thioether (sulfide) groups is 1. The first-order valence-corrected chi connectivity index (χ1v) is 10.5. The van der Waals surface area contributed by atoms with Gasteiger partial charge in [0, 0.05) is 6.04 Å². The topological polar surface area (TPSA) is 82.1 Å². The maximum absolute atomic E-state index is 12.6. The predicted molar refractivity (Wildman–Crippen MR) is 112 cm³/mol. The number of halogens is 1. The first kappa shape index (κ1) is 23.1. The largest absolute Gasteiger partial charge is 0.490 e. The van der Waals surface area contributed by atoms with Crippen LogP contribution in [-0.2, 0) is 14.3 Å². The van der Waals surface area contributed by atoms with Crippen LogP contribution in [0.25, 0.3) is 6.08 Å². The van der Waals surface area contributed by atoms with Crippen LogP contribution in [0.4, 0.5) is 4.79 Å². The molecule has 0 unspecified atom stereocenters. The normalized spacial score (nSPS) is 16.3. The van der Waals surface area contributed by atoms with E-state index in [1.54, 1.807) is 32.1 Å². The van der Waals surface area contributed by atoms with Crippen molar-refractivity contribution in [3.05, 3.63) is 27.6 Å². The van der Waals surface area contributed by atoms with Gasteiger partial charge in [-0.2, -0.15) is 0 Å². The highest BCUT2D eigenvalue weighted by atomic mass is 35.5. The first-order chi connectivity index (χ1) is 13.8. The van der Waals surface area contributed by atoms with Crippen molar-refractivity contribution in [1.29, 1.82) is 0 Å². The molecular formula is C20H24ClNO6S. The summed E-state index contributed by atoms with van der Waals surface area (Å²) < 4.78 is 15.9. The maximum atomic E-state index is 12.6. The van der Waals surface area contributed by atoms with Crippen molar-refractivity contribution in [2.75, 3.05) is 19.8 Å². The lowest BCUT2D eigenvalue weighted by Gasteiger charge is -2.19. The van der Waals surface area contributed by atoms with Gasteiger partial charge in [-0.25, -0.2) is 4.79 Å². The summed E-state index contributed by atoms with van der Waals surface area (Å²) in [5, 5.41) is -0.0752. The van der Waals surface area contributed by atoms with Crippen molar-refractivity contribution < 1.29 is 28.6 Å². The molecule has 1 aliphatic heterocycles. The van der Waals surface area contributed by atoms with Gasteiger partial charge in [0.15, 0.2) is 18.1 Å². The quantitative estimate of drug-likeness (QED) is 0.411. The summed E-state index contributed by atoms with van der Waals surface area (Å²) in [6.45, 7) is 7.54. The van der Waals surface area contributed by atoms with E-state index in [2.05, 4.69) is 0 Å². The first-order valence-electron chi connectivity index (χ1n) is 9.34. The monoisotopic (exact) mass is 441 g/mol. The molecule has 1 aromatic carbocycles. The number of esters is 1. The molecule has 0 radical (unpaired) electrons. The fourth-order valence-corrected chi connectivity index (χ4v) is 3.81. The molecule has 1 heterocycles. The number of nitrogens with zero attached hydrogens (tertiary/aromatic N) is 1. The molecule has 0 spiro atoms. The van der Waals surface area contributed by atoms with Gasteiger partial charge in [-0.1, -0.05) is 18.5 Å². The summed E-state index contributed by atoms with van der Waals surface area (Å²) in [6.07, 6.45) is 2.27. The van der Waals surface area contributed by atoms with Gasteiger partial charge in [-0.05, 0) is 62.7 Å². The van der Waals surface area contributed by atoms with Crippen molar-refractivity contribution >= 4 is 46.6 Å². The zero-order chi connectivity index (χ0) is 21.6. The van der Waals surface area contributed by atoms with Crippen molar-refractivity contribution in [1.82, 2.24) is 4.90 Å². The number of carbonyl (C=O) groups excluding carboxylic acids is 3. The molecule has 7 nitrogen and oxygen atoms in total. The van der Waals surface area contributed by atoms with Crippen LogP contribution in [0.1, 0.15) is 39.7 Å². The van der Waals surface area contributed by atoms with Crippen molar-refractivity contribution in [3.8, 4) is 11.5 Å². The zero-order valence-electron chi connectivity index (χ0n) is 16.8. The molecule has 1 fully saturated rings. The number of hydrogen-bond donors (Lipinski definition) is 0. The molecule has 2 amide bonds. The molecular weight excluding hydrogens is 418 g/mol. The predicted octanol–water partition coefficient (Wildman–Crippen LogP) is 4.52. The molecule has 1 atom stereocenters. The second-order valence-electron chi connectivity index (χ2n) is 6.17. The number of benzene rings is 1. The molecule has 0 saturated carbocycles. The van der Waals surface area contributed by atoms with E-state index in [-0.39, 0.29) is 41.2 Å². The molecule has 0 aromatic heterocycles. The third-order valence-corrected chi connectivity index (χ3v) is 5.29. The highest BCUT2D eigenvalue weighted by Crippen LogP contribution is 2.39. The second kappa shape index (κ2) is 10.5. The van der Waals surface area contributed by atoms with Gasteiger partial charge >= 0.3 is 5.97 Å². The molecule has 2 rings (SSSR count). The average Bonchev–Trinajstić information content (AvgIpc) is 2.94. The molecule has 1 saturated heterocycles. The van der Waals surface area contributed by atoms with Crippen LogP contribution in [0, 0.1) is 0 Å². The molecule has 1 aliphatic rings. The van der Waals surface area contributed by atoms with E-state index in [1.165, 1.54) is 4.90 Å². The van der Waals surface area contributed by atoms with Crippen LogP contribution < -0.4 is 9.47 Å². The molecule has 0 N–H and O–H groups in total. The van der Waals surface area contributed by atoms with Gasteiger partial charge in [-0.15, -0.1) is 0 Å². The number of carbonyl (C=O) groups is 3. The van der Waals surface area contributed by atoms with E-state index in [1.807, 2.05) is 13.8 Å². The summed E-state index contributed by atoms with van der Waals surface area (Å²) in [5.74, 6) is -0.303. The van der Waals surface area contributed by atoms with Gasteiger partial charge in [0.05, 0.1) is 23.1 Å². The maximum Gasteiger partial charge on any atom is 0.344 e. The minimum atomic E-state index is -0.520. The van der Waals surface area contributed by atoms with Crippen LogP contribution in [0.2, 0.25) is 5.02 Å². The fourth-order valence-electron chi connectivity index (χ4n) is 2.60. The van der Waals surface area contributed by atoms with Gasteiger partial charge in [0.2, 0.25) is 0 Å². The molecule has 9 heteroatoms. The lowest BCUT2D eigenvalue weighted by atomic mass is 10.1. The Hall–Kier alpha value is -2.19. The van der Waals surface area contributed by atoms with E-state index < -0.39 is 5.97 Å². The summed E-state index contributed by atoms with van der Waals surface area (Å²) in [5.41, 5.74) is 0.580. The van der Waals surface area contributed by atoms with Gasteiger partial charge in [-0.3, -0.25) is 14.5 Å². The van der Waals surface area contributed by atoms with Crippen molar-refractivity contribution in [3.63, 3.8) is 0 Å². The number of amides is 2. The van der Waals surface area contributed by atoms with Crippen LogP contribution in [-0.4, -0.2) is 47.9 Å². The van der Waals surface area contributed by atoms with Crippen LogP contribution in [0.3, 0.4) is 0 Å². The number of ether oxygens (including phenoxy) is 3. The average molecular weight is 442 g/mol. The Morgan fingerprint density at radius 1 is 1.21 bits per heavy atom. The van der Waals surface area contributed by atoms with Crippen LogP contribution in [0.5, 0.6) is 11.5 Å². The van der Waals surface area contributed by atoms with Crippen molar-refractivity contribution in [2.24, 2.45) is 0 Å². The Labute approximate surface area is 179 Å². The molecule has 0 bridgehead atoms. The number of imide groups is 1. The molecule has 0 aliphatic carbocycles. The van der Waals surface area contributed by atoms with Crippen molar-refractivity contribution in [2.45, 2.75) is 40.2 Å². The number of hydrogen-bond acceptors (Lipinski definition) is 7. The summed E-state index contributed by atoms with van der Waals surface area (Å²) in [4.78, 5) is 37.9. The second-order valence-corrected chi connectivity index (χ2v) is 7.57. The standard InChI is InChI=1S/C20H24ClNO6S/c1-5-12(4)22-19(24)16(29-20(22)25)10-13-8-14(21)18(15(9-13)26-6-2)28-11-17(23)27-7-3/h8-10,12H,5-7,11H2,1-4H3/b16-10-/t12-/m0/s1. The fraction of sp³-hybridized carbons (Fsp3) is 0.450. The van der Waals surface area contributed by atoms with E-state index in [4.69, 9.17) is 25.8 Å². The summed E-state index contributed by atoms with van der Waals surface area (Å²) in [7, 11) is 0. The van der Waals surface area contributed by atoms with Crippen LogP contribution in [0.15, 0.2) is 17.0 Å². The third-order valence-electron chi connectivity index (χ3n) is 4.12. The van der Waals surface area contributed by atoms with E-state index >= 15 is 0 Å². The molecule has 29 heavy (non-hydrogen) atoms. The Balaban J connectivity index is 2.30. The SMILES string of the molecule is CCOC(=O)COc1c(Cl)cc(/C=C2\SC(=O)N([C@@H](C)CC)C2=O)cc1OCC. The van der Waals surface area contributed by atoms with E-state index in [9.17, 15) is 14.4 Å². The lowest BCUT2D eigenvalue weighted by Crippen LogP contribution is -2.36.